The van der Waals surface area contributed by atoms with Gasteiger partial charge in [0.15, 0.2) is 12.4 Å². The quantitative estimate of drug-likeness (QED) is 0.439. The molecule has 1 nitrogen and oxygen atoms in total. The first kappa shape index (κ1) is 13.3. The smallest absolute Gasteiger partial charge is 0.184 e. The normalized spacial score (nSPS) is 10.2. The van der Waals surface area contributed by atoms with Gasteiger partial charge in [0.25, 0.3) is 0 Å². The van der Waals surface area contributed by atoms with E-state index in [4.69, 9.17) is 0 Å². The molecular weight excluding hydrogens is 268 g/mol. The van der Waals surface area contributed by atoms with E-state index < -0.39 is 11.6 Å². The molecule has 0 N–H and O–H groups in total. The molecule has 2 aromatic carbocycles. The second-order valence-corrected chi connectivity index (χ2v) is 4.77. The molecule has 0 aliphatic rings. The monoisotopic (exact) mass is 280 g/mol. The summed E-state index contributed by atoms with van der Waals surface area (Å²) in [5, 5.41) is 1.99. The Balaban J connectivity index is 2.18. The highest BCUT2D eigenvalue weighted by atomic mass is 19.1. The third-order valence-electron chi connectivity index (χ3n) is 3.21. The minimum absolute atomic E-state index is 0.201. The number of aryl methyl sites for hydroxylation is 1. The zero-order valence-corrected chi connectivity index (χ0v) is 11.4. The number of aromatic nitrogens is 1. The van der Waals surface area contributed by atoms with Crippen molar-refractivity contribution < 1.29 is 13.3 Å². The van der Waals surface area contributed by atoms with E-state index in [-0.39, 0.29) is 5.56 Å². The van der Waals surface area contributed by atoms with Gasteiger partial charge in [-0.1, -0.05) is 36.1 Å². The van der Waals surface area contributed by atoms with Gasteiger partial charge >= 0.3 is 0 Å². The van der Waals surface area contributed by atoms with Crippen molar-refractivity contribution in [1.82, 2.24) is 0 Å². The zero-order valence-electron chi connectivity index (χ0n) is 11.4. The molecule has 0 saturated carbocycles. The fraction of sp³-hybridized carbons (Fsp3) is 0.0556. The van der Waals surface area contributed by atoms with E-state index in [2.05, 4.69) is 11.8 Å². The van der Waals surface area contributed by atoms with Crippen molar-refractivity contribution >= 4 is 10.8 Å². The third-order valence-corrected chi connectivity index (χ3v) is 3.21. The number of hydrogen-bond acceptors (Lipinski definition) is 0. The molecule has 0 atom stereocenters. The third kappa shape index (κ3) is 2.61. The van der Waals surface area contributed by atoms with Crippen molar-refractivity contribution in [2.45, 2.75) is 0 Å². The Labute approximate surface area is 121 Å². The Kier molecular flexibility index (Phi) is 3.37. The molecule has 3 heteroatoms. The minimum atomic E-state index is -0.646. The summed E-state index contributed by atoms with van der Waals surface area (Å²) < 4.78 is 29.1. The lowest BCUT2D eigenvalue weighted by Gasteiger charge is -1.99. The summed E-state index contributed by atoms with van der Waals surface area (Å²) in [6.07, 6.45) is 3.82. The van der Waals surface area contributed by atoms with Crippen LogP contribution in [0.3, 0.4) is 0 Å². The van der Waals surface area contributed by atoms with Crippen molar-refractivity contribution in [3.8, 4) is 11.8 Å². The lowest BCUT2D eigenvalue weighted by Crippen LogP contribution is -2.27. The van der Waals surface area contributed by atoms with Gasteiger partial charge in [-0.25, -0.2) is 13.3 Å². The van der Waals surface area contributed by atoms with E-state index in [9.17, 15) is 8.78 Å². The van der Waals surface area contributed by atoms with Gasteiger partial charge in [0.1, 0.15) is 18.7 Å². The Bertz CT molecular complexity index is 868. The standard InChI is InChI=1S/C18H12F2N/c1-21-11-13-5-2-3-6-15(13)14(12-21)9-10-16-17(19)7-4-8-18(16)20/h2-8,11-12H,1H3/q+1. The fourth-order valence-corrected chi connectivity index (χ4v) is 2.23. The number of halogens is 2. The van der Waals surface area contributed by atoms with Crippen molar-refractivity contribution in [1.29, 1.82) is 0 Å². The van der Waals surface area contributed by atoms with Gasteiger partial charge in [-0.2, -0.15) is 0 Å². The van der Waals surface area contributed by atoms with Crippen LogP contribution in [0.15, 0.2) is 54.9 Å². The first-order chi connectivity index (χ1) is 10.1. The maximum atomic E-state index is 13.6. The maximum Gasteiger partial charge on any atom is 0.184 e. The van der Waals surface area contributed by atoms with E-state index in [1.54, 1.807) is 0 Å². The Morgan fingerprint density at radius 2 is 1.57 bits per heavy atom. The SMILES string of the molecule is C[n+]1cc(C#Cc2c(F)cccc2F)c2ccccc2c1. The molecule has 102 valence electrons. The number of pyridine rings is 1. The average molecular weight is 280 g/mol. The van der Waals surface area contributed by atoms with Crippen molar-refractivity contribution in [2.75, 3.05) is 0 Å². The largest absolute Gasteiger partial charge is 0.206 e. The molecule has 0 saturated heterocycles. The van der Waals surface area contributed by atoms with Crippen LogP contribution in [0.1, 0.15) is 11.1 Å². The predicted octanol–water partition coefficient (Wildman–Crippen LogP) is 3.34. The van der Waals surface area contributed by atoms with E-state index >= 15 is 0 Å². The molecule has 21 heavy (non-hydrogen) atoms. The lowest BCUT2D eigenvalue weighted by atomic mass is 10.1. The van der Waals surface area contributed by atoms with Crippen LogP contribution in [-0.2, 0) is 7.05 Å². The summed E-state index contributed by atoms with van der Waals surface area (Å²) in [5.74, 6) is 4.19. The molecule has 0 amide bonds. The summed E-state index contributed by atoms with van der Waals surface area (Å²) in [7, 11) is 1.89. The lowest BCUT2D eigenvalue weighted by molar-refractivity contribution is -0.670. The number of fused-ring (bicyclic) bond motifs is 1. The average Bonchev–Trinajstić information content (AvgIpc) is 2.46. The minimum Gasteiger partial charge on any atom is -0.206 e. The van der Waals surface area contributed by atoms with Gasteiger partial charge in [-0.3, -0.25) is 0 Å². The molecule has 0 aliphatic carbocycles. The second kappa shape index (κ2) is 5.34. The van der Waals surface area contributed by atoms with Gasteiger partial charge in [0, 0.05) is 10.8 Å². The Morgan fingerprint density at radius 1 is 0.857 bits per heavy atom. The van der Waals surface area contributed by atoms with Crippen LogP contribution in [0, 0.1) is 23.5 Å². The summed E-state index contributed by atoms with van der Waals surface area (Å²) in [5.41, 5.74) is 0.534. The highest BCUT2D eigenvalue weighted by Gasteiger charge is 2.07. The van der Waals surface area contributed by atoms with Crippen LogP contribution in [0.4, 0.5) is 8.78 Å². The number of rotatable bonds is 0. The molecule has 0 bridgehead atoms. The zero-order chi connectivity index (χ0) is 14.8. The Hall–Kier alpha value is -2.73. The van der Waals surface area contributed by atoms with Crippen LogP contribution < -0.4 is 4.57 Å². The van der Waals surface area contributed by atoms with E-state index in [1.807, 2.05) is 48.3 Å². The van der Waals surface area contributed by atoms with Gasteiger partial charge in [-0.15, -0.1) is 0 Å². The van der Waals surface area contributed by atoms with E-state index in [0.29, 0.717) is 0 Å². The van der Waals surface area contributed by atoms with Crippen LogP contribution in [0.2, 0.25) is 0 Å². The van der Waals surface area contributed by atoms with Crippen molar-refractivity contribution in [3.63, 3.8) is 0 Å². The molecular formula is C18H12F2N+. The molecule has 3 rings (SSSR count). The fourth-order valence-electron chi connectivity index (χ4n) is 2.23. The molecule has 0 radical (unpaired) electrons. The summed E-state index contributed by atoms with van der Waals surface area (Å²) in [4.78, 5) is 0. The van der Waals surface area contributed by atoms with E-state index in [0.717, 1.165) is 16.3 Å². The predicted molar refractivity (Wildman–Crippen MR) is 77.5 cm³/mol. The van der Waals surface area contributed by atoms with Crippen molar-refractivity contribution in [2.24, 2.45) is 7.05 Å². The van der Waals surface area contributed by atoms with Gasteiger partial charge < -0.3 is 0 Å². The number of hydrogen-bond donors (Lipinski definition) is 0. The molecule has 0 unspecified atom stereocenters. The summed E-state index contributed by atoms with van der Waals surface area (Å²) in [6, 6.07) is 11.5. The Morgan fingerprint density at radius 3 is 2.33 bits per heavy atom. The van der Waals surface area contributed by atoms with E-state index in [1.165, 1.54) is 18.2 Å². The molecule has 1 heterocycles. The van der Waals surface area contributed by atoms with Gasteiger partial charge in [-0.05, 0) is 18.2 Å². The highest BCUT2D eigenvalue weighted by Crippen LogP contribution is 2.16. The molecule has 0 fully saturated rings. The molecule has 0 spiro atoms. The highest BCUT2D eigenvalue weighted by molar-refractivity contribution is 5.86. The van der Waals surface area contributed by atoms with Crippen molar-refractivity contribution in [3.05, 3.63) is 77.6 Å². The van der Waals surface area contributed by atoms with Crippen LogP contribution in [-0.4, -0.2) is 0 Å². The molecule has 1 aromatic heterocycles. The number of benzene rings is 2. The molecule has 3 aromatic rings. The first-order valence-electron chi connectivity index (χ1n) is 6.49. The van der Waals surface area contributed by atoms with Gasteiger partial charge in [0.2, 0.25) is 0 Å². The van der Waals surface area contributed by atoms with Gasteiger partial charge in [0.05, 0.1) is 11.1 Å². The first-order valence-corrected chi connectivity index (χ1v) is 6.49. The molecule has 0 aliphatic heterocycles. The second-order valence-electron chi connectivity index (χ2n) is 4.77. The van der Waals surface area contributed by atoms with Crippen LogP contribution in [0.5, 0.6) is 0 Å². The number of nitrogens with zero attached hydrogens (tertiary/aromatic N) is 1. The summed E-state index contributed by atoms with van der Waals surface area (Å²) in [6.45, 7) is 0. The summed E-state index contributed by atoms with van der Waals surface area (Å²) >= 11 is 0. The maximum absolute atomic E-state index is 13.6. The topological polar surface area (TPSA) is 3.88 Å². The van der Waals surface area contributed by atoms with Crippen LogP contribution in [0.25, 0.3) is 10.8 Å². The van der Waals surface area contributed by atoms with Crippen LogP contribution >= 0.6 is 0 Å².